The highest BCUT2D eigenvalue weighted by atomic mass is 15.2. The van der Waals surface area contributed by atoms with E-state index in [2.05, 4.69) is 49.5 Å². The van der Waals surface area contributed by atoms with Crippen LogP contribution in [0.2, 0.25) is 0 Å². The van der Waals surface area contributed by atoms with E-state index in [-0.39, 0.29) is 5.41 Å². The summed E-state index contributed by atoms with van der Waals surface area (Å²) in [6.07, 6.45) is 2.35. The molecule has 0 aliphatic carbocycles. The fourth-order valence-corrected chi connectivity index (χ4v) is 1.73. The topological polar surface area (TPSA) is 55.0 Å². The van der Waals surface area contributed by atoms with E-state index in [4.69, 9.17) is 5.73 Å². The highest BCUT2D eigenvalue weighted by Gasteiger charge is 2.19. The van der Waals surface area contributed by atoms with Gasteiger partial charge in [0.2, 0.25) is 0 Å². The molecule has 0 spiro atoms. The second kappa shape index (κ2) is 6.03. The van der Waals surface area contributed by atoms with Gasteiger partial charge in [-0.05, 0) is 13.3 Å². The second-order valence-electron chi connectivity index (χ2n) is 5.66. The van der Waals surface area contributed by atoms with Crippen LogP contribution in [0.3, 0.4) is 0 Å². The minimum atomic E-state index is -0.0751. The maximum atomic E-state index is 5.90. The SMILES string of the molecule is CCCCN(CC)c1cc(N)nc(C(C)(C)C)n1. The van der Waals surface area contributed by atoms with Gasteiger partial charge in [0.15, 0.2) is 0 Å². The lowest BCUT2D eigenvalue weighted by molar-refractivity contribution is 0.544. The molecule has 102 valence electrons. The molecule has 2 N–H and O–H groups in total. The van der Waals surface area contributed by atoms with Crippen LogP contribution in [-0.2, 0) is 5.41 Å². The van der Waals surface area contributed by atoms with Gasteiger partial charge in [0.1, 0.15) is 17.5 Å². The van der Waals surface area contributed by atoms with Crippen LogP contribution in [0.25, 0.3) is 0 Å². The van der Waals surface area contributed by atoms with E-state index in [1.807, 2.05) is 6.07 Å². The zero-order valence-corrected chi connectivity index (χ0v) is 12.3. The Morgan fingerprint density at radius 1 is 1.22 bits per heavy atom. The standard InChI is InChI=1S/C14H26N4/c1-6-8-9-18(7-2)12-10-11(15)16-13(17-12)14(3,4)5/h10H,6-9H2,1-5H3,(H2,15,16,17). The highest BCUT2D eigenvalue weighted by molar-refractivity contribution is 5.47. The third kappa shape index (κ3) is 3.86. The molecule has 0 saturated heterocycles. The van der Waals surface area contributed by atoms with E-state index >= 15 is 0 Å². The largest absolute Gasteiger partial charge is 0.384 e. The van der Waals surface area contributed by atoms with Crippen molar-refractivity contribution in [1.82, 2.24) is 9.97 Å². The predicted octanol–water partition coefficient (Wildman–Crippen LogP) is 2.98. The highest BCUT2D eigenvalue weighted by Crippen LogP contribution is 2.23. The molecule has 4 heteroatoms. The molecule has 0 aromatic carbocycles. The zero-order chi connectivity index (χ0) is 13.8. The molecule has 1 aromatic rings. The number of anilines is 2. The number of aromatic nitrogens is 2. The van der Waals surface area contributed by atoms with Gasteiger partial charge in [-0.2, -0.15) is 0 Å². The van der Waals surface area contributed by atoms with Crippen LogP contribution >= 0.6 is 0 Å². The van der Waals surface area contributed by atoms with Crippen molar-refractivity contribution < 1.29 is 0 Å². The van der Waals surface area contributed by atoms with E-state index in [9.17, 15) is 0 Å². The van der Waals surface area contributed by atoms with Crippen molar-refractivity contribution in [3.63, 3.8) is 0 Å². The lowest BCUT2D eigenvalue weighted by atomic mass is 9.96. The number of nitrogens with two attached hydrogens (primary N) is 1. The molecule has 0 aliphatic rings. The number of hydrogen-bond donors (Lipinski definition) is 1. The maximum Gasteiger partial charge on any atom is 0.138 e. The van der Waals surface area contributed by atoms with E-state index in [0.29, 0.717) is 5.82 Å². The summed E-state index contributed by atoms with van der Waals surface area (Å²) >= 11 is 0. The summed E-state index contributed by atoms with van der Waals surface area (Å²) in [5.74, 6) is 2.32. The van der Waals surface area contributed by atoms with Crippen LogP contribution in [0.4, 0.5) is 11.6 Å². The molecule has 4 nitrogen and oxygen atoms in total. The fourth-order valence-electron chi connectivity index (χ4n) is 1.73. The average molecular weight is 250 g/mol. The van der Waals surface area contributed by atoms with E-state index in [0.717, 1.165) is 24.7 Å². The minimum absolute atomic E-state index is 0.0751. The fraction of sp³-hybridized carbons (Fsp3) is 0.714. The normalized spacial score (nSPS) is 11.6. The van der Waals surface area contributed by atoms with Gasteiger partial charge in [-0.15, -0.1) is 0 Å². The molecule has 18 heavy (non-hydrogen) atoms. The van der Waals surface area contributed by atoms with Gasteiger partial charge in [0, 0.05) is 24.6 Å². The Labute approximate surface area is 111 Å². The van der Waals surface area contributed by atoms with Crippen molar-refractivity contribution in [1.29, 1.82) is 0 Å². The van der Waals surface area contributed by atoms with Gasteiger partial charge < -0.3 is 10.6 Å². The van der Waals surface area contributed by atoms with Crippen molar-refractivity contribution in [3.05, 3.63) is 11.9 Å². The second-order valence-corrected chi connectivity index (χ2v) is 5.66. The van der Waals surface area contributed by atoms with Gasteiger partial charge in [0.05, 0.1) is 0 Å². The molecule has 1 heterocycles. The van der Waals surface area contributed by atoms with Gasteiger partial charge in [-0.1, -0.05) is 34.1 Å². The van der Waals surface area contributed by atoms with Crippen LogP contribution < -0.4 is 10.6 Å². The number of rotatable bonds is 5. The average Bonchev–Trinajstić information content (AvgIpc) is 2.28. The van der Waals surface area contributed by atoms with Crippen LogP contribution in [0.1, 0.15) is 53.3 Å². The molecule has 1 rings (SSSR count). The summed E-state index contributed by atoms with van der Waals surface area (Å²) in [6, 6.07) is 1.87. The molecule has 0 unspecified atom stereocenters. The van der Waals surface area contributed by atoms with E-state index in [1.165, 1.54) is 12.8 Å². The van der Waals surface area contributed by atoms with Gasteiger partial charge >= 0.3 is 0 Å². The van der Waals surface area contributed by atoms with Crippen LogP contribution in [-0.4, -0.2) is 23.1 Å². The minimum Gasteiger partial charge on any atom is -0.384 e. The van der Waals surface area contributed by atoms with Crippen LogP contribution in [0, 0.1) is 0 Å². The van der Waals surface area contributed by atoms with Gasteiger partial charge in [0.25, 0.3) is 0 Å². The summed E-state index contributed by atoms with van der Waals surface area (Å²) in [6.45, 7) is 12.6. The Hall–Kier alpha value is -1.32. The van der Waals surface area contributed by atoms with Crippen molar-refractivity contribution >= 4 is 11.6 Å². The maximum absolute atomic E-state index is 5.90. The van der Waals surface area contributed by atoms with E-state index < -0.39 is 0 Å². The van der Waals surface area contributed by atoms with Crippen molar-refractivity contribution in [2.75, 3.05) is 23.7 Å². The van der Waals surface area contributed by atoms with Gasteiger partial charge in [-0.25, -0.2) is 9.97 Å². The summed E-state index contributed by atoms with van der Waals surface area (Å²) in [5.41, 5.74) is 5.82. The van der Waals surface area contributed by atoms with Crippen LogP contribution in [0.5, 0.6) is 0 Å². The lowest BCUT2D eigenvalue weighted by Crippen LogP contribution is -2.27. The Morgan fingerprint density at radius 2 is 1.89 bits per heavy atom. The Balaban J connectivity index is 3.04. The molecule has 0 atom stereocenters. The van der Waals surface area contributed by atoms with Crippen LogP contribution in [0.15, 0.2) is 6.07 Å². The lowest BCUT2D eigenvalue weighted by Gasteiger charge is -2.24. The van der Waals surface area contributed by atoms with Gasteiger partial charge in [-0.3, -0.25) is 0 Å². The number of nitrogen functional groups attached to an aromatic ring is 1. The predicted molar refractivity (Wildman–Crippen MR) is 77.9 cm³/mol. The summed E-state index contributed by atoms with van der Waals surface area (Å²) < 4.78 is 0. The van der Waals surface area contributed by atoms with E-state index in [1.54, 1.807) is 0 Å². The third-order valence-corrected chi connectivity index (χ3v) is 2.89. The number of nitrogens with zero attached hydrogens (tertiary/aromatic N) is 3. The third-order valence-electron chi connectivity index (χ3n) is 2.89. The summed E-state index contributed by atoms with van der Waals surface area (Å²) in [4.78, 5) is 11.3. The summed E-state index contributed by atoms with van der Waals surface area (Å²) in [5, 5.41) is 0. The monoisotopic (exact) mass is 250 g/mol. The molecule has 0 amide bonds. The van der Waals surface area contributed by atoms with Crippen molar-refractivity contribution in [2.45, 2.75) is 52.9 Å². The molecular formula is C14H26N4. The first kappa shape index (κ1) is 14.7. The first-order valence-corrected chi connectivity index (χ1v) is 6.78. The Kier molecular flexibility index (Phi) is 4.93. The van der Waals surface area contributed by atoms with Crippen molar-refractivity contribution in [3.8, 4) is 0 Å². The molecule has 0 bridgehead atoms. The number of unbranched alkanes of at least 4 members (excludes halogenated alkanes) is 1. The Bertz CT molecular complexity index is 382. The van der Waals surface area contributed by atoms with Crippen molar-refractivity contribution in [2.24, 2.45) is 0 Å². The molecule has 1 aromatic heterocycles. The molecule has 0 radical (unpaired) electrons. The smallest absolute Gasteiger partial charge is 0.138 e. The first-order valence-electron chi connectivity index (χ1n) is 6.78. The molecular weight excluding hydrogens is 224 g/mol. The summed E-state index contributed by atoms with van der Waals surface area (Å²) in [7, 11) is 0. The molecule has 0 aliphatic heterocycles. The first-order chi connectivity index (χ1) is 8.38. The zero-order valence-electron chi connectivity index (χ0n) is 12.3. The Morgan fingerprint density at radius 3 is 2.39 bits per heavy atom. The molecule has 0 saturated carbocycles. The number of hydrogen-bond acceptors (Lipinski definition) is 4. The quantitative estimate of drug-likeness (QED) is 0.873. The molecule has 0 fully saturated rings.